The van der Waals surface area contributed by atoms with Gasteiger partial charge in [0.2, 0.25) is 0 Å². The highest BCUT2D eigenvalue weighted by Crippen LogP contribution is 2.29. The van der Waals surface area contributed by atoms with E-state index in [0.29, 0.717) is 0 Å². The summed E-state index contributed by atoms with van der Waals surface area (Å²) in [4.78, 5) is 17.5. The second-order valence-corrected chi connectivity index (χ2v) is 9.43. The van der Waals surface area contributed by atoms with E-state index in [1.165, 1.54) is 30.6 Å². The topological polar surface area (TPSA) is 40.4 Å². The number of nitrogens with zero attached hydrogens (tertiary/aromatic N) is 6. The molecule has 1 aliphatic carbocycles. The summed E-state index contributed by atoms with van der Waals surface area (Å²) in [7, 11) is 2.19. The third-order valence-corrected chi connectivity index (χ3v) is 7.51. The fraction of sp³-hybridized carbons (Fsp3) is 0.520. The van der Waals surface area contributed by atoms with Gasteiger partial charge in [-0.2, -0.15) is 0 Å². The lowest BCUT2D eigenvalue weighted by atomic mass is 9.91. The lowest BCUT2D eigenvalue weighted by molar-refractivity contribution is 0.130. The van der Waals surface area contributed by atoms with Gasteiger partial charge < -0.3 is 14.4 Å². The number of rotatable bonds is 3. The Labute approximate surface area is 184 Å². The Morgan fingerprint density at radius 3 is 2.55 bits per heavy atom. The molecule has 2 aliphatic heterocycles. The minimum absolute atomic E-state index is 0.820. The van der Waals surface area contributed by atoms with E-state index < -0.39 is 0 Å². The first-order valence-electron chi connectivity index (χ1n) is 11.9. The van der Waals surface area contributed by atoms with Gasteiger partial charge in [-0.1, -0.05) is 18.6 Å². The van der Waals surface area contributed by atoms with Gasteiger partial charge in [0, 0.05) is 63.8 Å². The molecule has 6 heteroatoms. The fourth-order valence-electron chi connectivity index (χ4n) is 5.28. The number of fused-ring (bicyclic) bond motifs is 3. The van der Waals surface area contributed by atoms with Crippen LogP contribution in [0.25, 0.3) is 22.3 Å². The number of anilines is 1. The number of hydrogen-bond donors (Lipinski definition) is 0. The van der Waals surface area contributed by atoms with Crippen LogP contribution in [0.3, 0.4) is 0 Å². The van der Waals surface area contributed by atoms with Crippen molar-refractivity contribution in [3.63, 3.8) is 0 Å². The smallest absolute Gasteiger partial charge is 0.129 e. The van der Waals surface area contributed by atoms with Crippen molar-refractivity contribution in [2.75, 3.05) is 51.2 Å². The quantitative estimate of drug-likeness (QED) is 0.656. The summed E-state index contributed by atoms with van der Waals surface area (Å²) in [6, 6.07) is 13.9. The fourth-order valence-corrected chi connectivity index (χ4v) is 5.28. The molecule has 3 aromatic rings. The highest BCUT2D eigenvalue weighted by atomic mass is 15.3. The van der Waals surface area contributed by atoms with Gasteiger partial charge in [0.15, 0.2) is 0 Å². The van der Waals surface area contributed by atoms with Gasteiger partial charge in [-0.05, 0) is 44.2 Å². The molecule has 3 aliphatic rings. The maximum Gasteiger partial charge on any atom is 0.129 e. The SMILES string of the molecule is CN1CCN(c2cccc(-c3ccc4c(c3)nc3n4CCN(C4CCC4)CC3)n2)CC1. The minimum Gasteiger partial charge on any atom is -0.354 e. The van der Waals surface area contributed by atoms with Gasteiger partial charge in [-0.15, -0.1) is 0 Å². The van der Waals surface area contributed by atoms with Crippen molar-refractivity contribution in [1.29, 1.82) is 0 Å². The molecule has 2 aromatic heterocycles. The van der Waals surface area contributed by atoms with Crippen LogP contribution in [0, 0.1) is 0 Å². The zero-order chi connectivity index (χ0) is 20.8. The van der Waals surface area contributed by atoms with Crippen LogP contribution in [0.2, 0.25) is 0 Å². The van der Waals surface area contributed by atoms with E-state index in [1.54, 1.807) is 0 Å². The van der Waals surface area contributed by atoms with Gasteiger partial charge in [0.1, 0.15) is 11.6 Å². The van der Waals surface area contributed by atoms with E-state index in [4.69, 9.17) is 9.97 Å². The molecule has 4 heterocycles. The average molecular weight is 417 g/mol. The zero-order valence-corrected chi connectivity index (χ0v) is 18.5. The molecule has 0 amide bonds. The molecule has 0 bridgehead atoms. The molecule has 0 spiro atoms. The summed E-state index contributed by atoms with van der Waals surface area (Å²) < 4.78 is 2.45. The van der Waals surface area contributed by atoms with Gasteiger partial charge in [-0.25, -0.2) is 9.97 Å². The predicted molar refractivity (Wildman–Crippen MR) is 126 cm³/mol. The molecule has 1 aromatic carbocycles. The molecular formula is C25H32N6. The number of pyridine rings is 1. The number of benzene rings is 1. The first kappa shape index (κ1) is 19.3. The second-order valence-electron chi connectivity index (χ2n) is 9.43. The number of piperazine rings is 1. The number of hydrogen-bond acceptors (Lipinski definition) is 5. The lowest BCUT2D eigenvalue weighted by Gasteiger charge is -2.36. The zero-order valence-electron chi connectivity index (χ0n) is 18.5. The normalized spacial score (nSPS) is 21.1. The van der Waals surface area contributed by atoms with Crippen molar-refractivity contribution in [2.24, 2.45) is 0 Å². The minimum atomic E-state index is 0.820. The lowest BCUT2D eigenvalue weighted by Crippen LogP contribution is -2.44. The van der Waals surface area contributed by atoms with Gasteiger partial charge in [0.25, 0.3) is 0 Å². The molecule has 0 unspecified atom stereocenters. The molecule has 0 atom stereocenters. The van der Waals surface area contributed by atoms with Crippen LogP contribution in [0.1, 0.15) is 25.1 Å². The van der Waals surface area contributed by atoms with Crippen LogP contribution < -0.4 is 4.90 Å². The molecule has 2 fully saturated rings. The highest BCUT2D eigenvalue weighted by Gasteiger charge is 2.27. The summed E-state index contributed by atoms with van der Waals surface area (Å²) in [6.45, 7) is 7.62. The molecule has 31 heavy (non-hydrogen) atoms. The monoisotopic (exact) mass is 416 g/mol. The maximum absolute atomic E-state index is 5.05. The molecule has 1 saturated heterocycles. The maximum atomic E-state index is 5.05. The van der Waals surface area contributed by atoms with Crippen molar-refractivity contribution >= 4 is 16.9 Å². The molecule has 1 saturated carbocycles. The standard InChI is InChI=1S/C25H32N6/c1-28-12-14-30(15-13-28)24-7-3-6-21(26-24)19-8-9-23-22(18-19)27-25-10-11-29(16-17-31(23)25)20-4-2-5-20/h3,6-9,18,20H,2,4-5,10-17H2,1H3. The average Bonchev–Trinajstić information content (AvgIpc) is 2.99. The van der Waals surface area contributed by atoms with Gasteiger partial charge in [-0.3, -0.25) is 4.90 Å². The summed E-state index contributed by atoms with van der Waals surface area (Å²) in [6.07, 6.45) is 5.22. The van der Waals surface area contributed by atoms with Crippen LogP contribution in [0.5, 0.6) is 0 Å². The summed E-state index contributed by atoms with van der Waals surface area (Å²) in [5, 5.41) is 0. The van der Waals surface area contributed by atoms with E-state index in [-0.39, 0.29) is 0 Å². The Kier molecular flexibility index (Phi) is 4.92. The Morgan fingerprint density at radius 1 is 0.871 bits per heavy atom. The third-order valence-electron chi connectivity index (χ3n) is 7.51. The highest BCUT2D eigenvalue weighted by molar-refractivity contribution is 5.82. The van der Waals surface area contributed by atoms with Crippen molar-refractivity contribution in [2.45, 2.75) is 38.3 Å². The van der Waals surface area contributed by atoms with Crippen LogP contribution in [0.4, 0.5) is 5.82 Å². The van der Waals surface area contributed by atoms with E-state index in [0.717, 1.165) is 80.9 Å². The number of aromatic nitrogens is 3. The van der Waals surface area contributed by atoms with Crippen LogP contribution in [-0.4, -0.2) is 76.7 Å². The van der Waals surface area contributed by atoms with E-state index in [2.05, 4.69) is 62.7 Å². The van der Waals surface area contributed by atoms with Crippen LogP contribution in [0.15, 0.2) is 36.4 Å². The second kappa shape index (κ2) is 7.92. The molecule has 6 rings (SSSR count). The van der Waals surface area contributed by atoms with Crippen LogP contribution in [-0.2, 0) is 13.0 Å². The van der Waals surface area contributed by atoms with Gasteiger partial charge >= 0.3 is 0 Å². The first-order chi connectivity index (χ1) is 15.2. The van der Waals surface area contributed by atoms with E-state index >= 15 is 0 Å². The van der Waals surface area contributed by atoms with Crippen molar-refractivity contribution in [3.05, 3.63) is 42.2 Å². The molecule has 0 N–H and O–H groups in total. The van der Waals surface area contributed by atoms with Gasteiger partial charge in [0.05, 0.1) is 16.7 Å². The third kappa shape index (κ3) is 3.62. The summed E-state index contributed by atoms with van der Waals surface area (Å²) >= 11 is 0. The van der Waals surface area contributed by atoms with Crippen molar-refractivity contribution < 1.29 is 0 Å². The summed E-state index contributed by atoms with van der Waals surface area (Å²) in [5.74, 6) is 2.33. The number of imidazole rings is 1. The molecule has 6 nitrogen and oxygen atoms in total. The van der Waals surface area contributed by atoms with E-state index in [1.807, 2.05) is 0 Å². The molecule has 0 radical (unpaired) electrons. The Hall–Kier alpha value is -2.44. The summed E-state index contributed by atoms with van der Waals surface area (Å²) in [5.41, 5.74) is 4.58. The first-order valence-corrected chi connectivity index (χ1v) is 11.9. The largest absolute Gasteiger partial charge is 0.354 e. The Bertz CT molecular complexity index is 1080. The predicted octanol–water partition coefficient (Wildman–Crippen LogP) is 3.26. The molecule has 162 valence electrons. The van der Waals surface area contributed by atoms with Crippen molar-refractivity contribution in [3.8, 4) is 11.3 Å². The van der Waals surface area contributed by atoms with Crippen molar-refractivity contribution in [1.82, 2.24) is 24.3 Å². The van der Waals surface area contributed by atoms with E-state index in [9.17, 15) is 0 Å². The Morgan fingerprint density at radius 2 is 1.74 bits per heavy atom. The Balaban J connectivity index is 1.26. The molecular weight excluding hydrogens is 384 g/mol. The van der Waals surface area contributed by atoms with Crippen LogP contribution >= 0.6 is 0 Å². The number of likely N-dealkylation sites (N-methyl/N-ethyl adjacent to an activating group) is 1.